The van der Waals surface area contributed by atoms with Gasteiger partial charge in [0.2, 0.25) is 5.91 Å². The van der Waals surface area contributed by atoms with Crippen molar-refractivity contribution in [2.45, 2.75) is 18.5 Å². The maximum Gasteiger partial charge on any atom is 0.404 e. The number of hydrogen-bond donors (Lipinski definition) is 3. The summed E-state index contributed by atoms with van der Waals surface area (Å²) < 4.78 is 0. The highest BCUT2D eigenvalue weighted by Gasteiger charge is 2.34. The zero-order valence-corrected chi connectivity index (χ0v) is 8.51. The van der Waals surface area contributed by atoms with Crippen LogP contribution in [0.15, 0.2) is 30.3 Å². The van der Waals surface area contributed by atoms with Crippen LogP contribution >= 0.6 is 0 Å². The third-order valence-corrected chi connectivity index (χ3v) is 2.59. The number of carbonyl (C=O) groups excluding carboxylic acids is 1. The van der Waals surface area contributed by atoms with Gasteiger partial charge < -0.3 is 15.7 Å². The monoisotopic (exact) mass is 220 g/mol. The molecule has 2 rings (SSSR count). The van der Waals surface area contributed by atoms with E-state index in [4.69, 9.17) is 5.11 Å². The number of rotatable bonds is 2. The normalized spacial score (nSPS) is 23.9. The molecule has 2 unspecified atom stereocenters. The summed E-state index contributed by atoms with van der Waals surface area (Å²) in [4.78, 5) is 21.9. The van der Waals surface area contributed by atoms with Crippen molar-refractivity contribution in [2.75, 3.05) is 0 Å². The van der Waals surface area contributed by atoms with Crippen molar-refractivity contribution < 1.29 is 14.7 Å². The van der Waals surface area contributed by atoms with Crippen LogP contribution in [0.2, 0.25) is 0 Å². The average molecular weight is 220 g/mol. The van der Waals surface area contributed by atoms with E-state index < -0.39 is 12.1 Å². The van der Waals surface area contributed by atoms with Gasteiger partial charge in [0.1, 0.15) is 0 Å². The smallest absolute Gasteiger partial charge is 0.404 e. The molecule has 0 spiro atoms. The number of carboxylic acid groups (broad SMARTS) is 1. The van der Waals surface area contributed by atoms with Gasteiger partial charge in [-0.05, 0) is 5.56 Å². The minimum absolute atomic E-state index is 0.132. The van der Waals surface area contributed by atoms with Crippen LogP contribution < -0.4 is 10.6 Å². The van der Waals surface area contributed by atoms with Gasteiger partial charge in [0.25, 0.3) is 0 Å². The molecule has 0 radical (unpaired) electrons. The number of amides is 2. The van der Waals surface area contributed by atoms with Crippen molar-refractivity contribution in [1.82, 2.24) is 10.6 Å². The van der Waals surface area contributed by atoms with Crippen molar-refractivity contribution in [2.24, 2.45) is 0 Å². The maximum absolute atomic E-state index is 11.3. The molecule has 0 aliphatic carbocycles. The van der Waals surface area contributed by atoms with Crippen LogP contribution in [0.5, 0.6) is 0 Å². The molecular weight excluding hydrogens is 208 g/mol. The first-order valence-corrected chi connectivity index (χ1v) is 5.00. The minimum Gasteiger partial charge on any atom is -0.465 e. The summed E-state index contributed by atoms with van der Waals surface area (Å²) in [5.41, 5.74) is 0.909. The van der Waals surface area contributed by atoms with E-state index >= 15 is 0 Å². The van der Waals surface area contributed by atoms with E-state index in [0.29, 0.717) is 0 Å². The van der Waals surface area contributed by atoms with E-state index in [1.807, 2.05) is 30.3 Å². The van der Waals surface area contributed by atoms with E-state index in [-0.39, 0.29) is 18.4 Å². The van der Waals surface area contributed by atoms with Crippen LogP contribution in [0.3, 0.4) is 0 Å². The second kappa shape index (κ2) is 4.22. The lowest BCUT2D eigenvalue weighted by Crippen LogP contribution is -2.37. The predicted octanol–water partition coefficient (Wildman–Crippen LogP) is 0.884. The van der Waals surface area contributed by atoms with Crippen molar-refractivity contribution in [3.8, 4) is 0 Å². The van der Waals surface area contributed by atoms with Crippen LogP contribution in [0.1, 0.15) is 18.0 Å². The summed E-state index contributed by atoms with van der Waals surface area (Å²) in [6.07, 6.45) is -0.922. The van der Waals surface area contributed by atoms with E-state index in [1.165, 1.54) is 0 Å². The third kappa shape index (κ3) is 2.13. The molecule has 16 heavy (non-hydrogen) atoms. The predicted molar refractivity (Wildman–Crippen MR) is 56.9 cm³/mol. The number of nitrogens with one attached hydrogen (secondary N) is 2. The summed E-state index contributed by atoms with van der Waals surface area (Å²) >= 11 is 0. The molecule has 2 amide bonds. The highest BCUT2D eigenvalue weighted by molar-refractivity contribution is 5.81. The van der Waals surface area contributed by atoms with Crippen LogP contribution in [0.25, 0.3) is 0 Å². The van der Waals surface area contributed by atoms with Crippen molar-refractivity contribution in [3.05, 3.63) is 35.9 Å². The Kier molecular flexibility index (Phi) is 2.76. The standard InChI is InChI=1S/C11H12N2O3/c14-9-6-8(12-11(15)16)10(13-9)7-4-2-1-3-5-7/h1-5,8,10,12H,6H2,(H,13,14)(H,15,16). The Bertz CT molecular complexity index is 405. The highest BCUT2D eigenvalue weighted by Crippen LogP contribution is 2.24. The summed E-state index contributed by atoms with van der Waals surface area (Å²) in [5.74, 6) is -0.132. The largest absolute Gasteiger partial charge is 0.465 e. The quantitative estimate of drug-likeness (QED) is 0.692. The summed E-state index contributed by atoms with van der Waals surface area (Å²) in [7, 11) is 0. The number of benzene rings is 1. The van der Waals surface area contributed by atoms with E-state index in [9.17, 15) is 9.59 Å². The van der Waals surface area contributed by atoms with Gasteiger partial charge in [0.05, 0.1) is 12.1 Å². The Morgan fingerprint density at radius 2 is 2.06 bits per heavy atom. The number of carbonyl (C=O) groups is 2. The topological polar surface area (TPSA) is 78.4 Å². The SMILES string of the molecule is O=C(O)NC1CC(=O)NC1c1ccccc1. The molecule has 1 aliphatic heterocycles. The molecule has 84 valence electrons. The van der Waals surface area contributed by atoms with Gasteiger partial charge in [-0.2, -0.15) is 0 Å². The van der Waals surface area contributed by atoms with Crippen LogP contribution in [-0.4, -0.2) is 23.1 Å². The summed E-state index contributed by atoms with van der Waals surface area (Å²) in [6.45, 7) is 0. The van der Waals surface area contributed by atoms with Crippen molar-refractivity contribution >= 4 is 12.0 Å². The summed E-state index contributed by atoms with van der Waals surface area (Å²) in [6, 6.07) is 8.66. The van der Waals surface area contributed by atoms with Gasteiger partial charge in [-0.3, -0.25) is 4.79 Å². The van der Waals surface area contributed by atoms with Crippen molar-refractivity contribution in [1.29, 1.82) is 0 Å². The van der Waals surface area contributed by atoms with Gasteiger partial charge >= 0.3 is 6.09 Å². The zero-order valence-electron chi connectivity index (χ0n) is 8.51. The first-order chi connectivity index (χ1) is 7.66. The molecular formula is C11H12N2O3. The lowest BCUT2D eigenvalue weighted by Gasteiger charge is -2.18. The molecule has 0 aromatic heterocycles. The highest BCUT2D eigenvalue weighted by atomic mass is 16.4. The van der Waals surface area contributed by atoms with Crippen LogP contribution in [0, 0.1) is 0 Å². The van der Waals surface area contributed by atoms with Crippen LogP contribution in [-0.2, 0) is 4.79 Å². The van der Waals surface area contributed by atoms with Crippen LogP contribution in [0.4, 0.5) is 4.79 Å². The Morgan fingerprint density at radius 3 is 2.69 bits per heavy atom. The fourth-order valence-electron chi connectivity index (χ4n) is 1.92. The van der Waals surface area contributed by atoms with E-state index in [1.54, 1.807) is 0 Å². The Balaban J connectivity index is 2.19. The molecule has 1 aromatic carbocycles. The molecule has 1 saturated heterocycles. The first kappa shape index (κ1) is 10.5. The molecule has 2 atom stereocenters. The molecule has 1 heterocycles. The lowest BCUT2D eigenvalue weighted by molar-refractivity contribution is -0.119. The second-order valence-electron chi connectivity index (χ2n) is 3.72. The molecule has 5 heteroatoms. The first-order valence-electron chi connectivity index (χ1n) is 5.00. The minimum atomic E-state index is -1.11. The van der Waals surface area contributed by atoms with E-state index in [0.717, 1.165) is 5.56 Å². The second-order valence-corrected chi connectivity index (χ2v) is 3.72. The van der Waals surface area contributed by atoms with Crippen molar-refractivity contribution in [3.63, 3.8) is 0 Å². The van der Waals surface area contributed by atoms with Gasteiger partial charge in [-0.15, -0.1) is 0 Å². The molecule has 1 fully saturated rings. The fraction of sp³-hybridized carbons (Fsp3) is 0.273. The third-order valence-electron chi connectivity index (χ3n) is 2.59. The molecule has 0 saturated carbocycles. The molecule has 3 N–H and O–H groups in total. The fourth-order valence-corrected chi connectivity index (χ4v) is 1.92. The summed E-state index contributed by atoms with van der Waals surface area (Å²) in [5, 5.41) is 13.8. The average Bonchev–Trinajstić information content (AvgIpc) is 2.60. The molecule has 1 aromatic rings. The Hall–Kier alpha value is -2.04. The Morgan fingerprint density at radius 1 is 1.38 bits per heavy atom. The van der Waals surface area contributed by atoms with Gasteiger partial charge in [0, 0.05) is 6.42 Å². The molecule has 1 aliphatic rings. The van der Waals surface area contributed by atoms with Gasteiger partial charge in [-0.1, -0.05) is 30.3 Å². The molecule has 0 bridgehead atoms. The zero-order chi connectivity index (χ0) is 11.5. The van der Waals surface area contributed by atoms with Gasteiger partial charge in [-0.25, -0.2) is 4.79 Å². The van der Waals surface area contributed by atoms with E-state index in [2.05, 4.69) is 10.6 Å². The lowest BCUT2D eigenvalue weighted by atomic mass is 10.0. The molecule has 5 nitrogen and oxygen atoms in total. The van der Waals surface area contributed by atoms with Gasteiger partial charge in [0.15, 0.2) is 0 Å². The Labute approximate surface area is 92.5 Å². The number of hydrogen-bond acceptors (Lipinski definition) is 2. The maximum atomic E-state index is 11.3.